The van der Waals surface area contributed by atoms with E-state index in [0.29, 0.717) is 49.9 Å². The lowest BCUT2D eigenvalue weighted by atomic mass is 9.61. The zero-order valence-electron chi connectivity index (χ0n) is 44.0. The first-order valence-corrected chi connectivity index (χ1v) is 27.2. The molecule has 2 saturated carbocycles. The molecule has 402 valence electrons. The molecule has 4 atom stereocenters. The van der Waals surface area contributed by atoms with Gasteiger partial charge in [-0.3, -0.25) is 0 Å². The van der Waals surface area contributed by atoms with Crippen LogP contribution in [-0.4, -0.2) is 11.1 Å². The zero-order valence-corrected chi connectivity index (χ0v) is 44.0. The molecule has 2 aliphatic heterocycles. The van der Waals surface area contributed by atoms with E-state index in [2.05, 4.69) is 60.7 Å². The van der Waals surface area contributed by atoms with Gasteiger partial charge in [-0.25, -0.2) is 43.9 Å². The molecule has 0 amide bonds. The van der Waals surface area contributed by atoms with Gasteiger partial charge >= 0.3 is 0 Å². The summed E-state index contributed by atoms with van der Waals surface area (Å²) in [6.45, 7) is 7.76. The van der Waals surface area contributed by atoms with E-state index in [1.165, 1.54) is 9.80 Å². The second-order valence-corrected chi connectivity index (χ2v) is 23.3. The van der Waals surface area contributed by atoms with Crippen LogP contribution in [0, 0.1) is 58.2 Å². The van der Waals surface area contributed by atoms with Crippen molar-refractivity contribution in [2.45, 2.75) is 101 Å². The summed E-state index contributed by atoms with van der Waals surface area (Å²) >= 11 is 0. The summed E-state index contributed by atoms with van der Waals surface area (Å²) < 4.78 is 154. The van der Waals surface area contributed by atoms with Crippen molar-refractivity contribution < 1.29 is 43.9 Å². The zero-order chi connectivity index (χ0) is 55.7. The van der Waals surface area contributed by atoms with Gasteiger partial charge in [0.15, 0.2) is 46.5 Å². The number of nitrogens with zero attached hydrogens (tertiary/aromatic N) is 2. The first kappa shape index (κ1) is 50.4. The lowest BCUT2D eigenvalue weighted by molar-refractivity contribution is 0.192. The molecule has 0 N–H and O–H groups in total. The number of hydrogen-bond acceptors (Lipinski definition) is 2. The average Bonchev–Trinajstić information content (AvgIpc) is 4.06. The Morgan fingerprint density at radius 3 is 0.950 bits per heavy atom. The molecule has 4 aliphatic rings. The topological polar surface area (TPSA) is 6.48 Å². The highest BCUT2D eigenvalue weighted by Gasteiger charge is 2.61. The minimum absolute atomic E-state index is 0.370. The molecule has 12 heteroatoms. The summed E-state index contributed by atoms with van der Waals surface area (Å²) in [5.41, 5.74) is 3.61. The average molecular weight is 1090 g/mol. The SMILES string of the molecule is CC12CCCCC1(C)N(c1c(F)c(F)c(F)c(F)c1F)c1ccc(-c3cc(-c4ccccc4)c4ccc5c(-c6ccc7c(c6)C6(C)CCCCC6(C)N7c6c(F)c(F)c(F)c(F)c6F)cc(-c6ccccc6)c6ccc3c4c65)cc12. The summed E-state index contributed by atoms with van der Waals surface area (Å²) in [5, 5.41) is 5.65. The van der Waals surface area contributed by atoms with E-state index in [1.54, 1.807) is 12.1 Å². The Morgan fingerprint density at radius 1 is 0.312 bits per heavy atom. The van der Waals surface area contributed by atoms with Crippen molar-refractivity contribution in [2.75, 3.05) is 9.80 Å². The van der Waals surface area contributed by atoms with Crippen LogP contribution < -0.4 is 9.80 Å². The third-order valence-electron chi connectivity index (χ3n) is 19.7. The normalized spacial score (nSPS) is 22.4. The third-order valence-corrected chi connectivity index (χ3v) is 19.7. The monoisotopic (exact) mass is 1080 g/mol. The Hall–Kier alpha value is -7.86. The van der Waals surface area contributed by atoms with E-state index in [4.69, 9.17) is 0 Å². The highest BCUT2D eigenvalue weighted by atomic mass is 19.2. The first-order chi connectivity index (χ1) is 38.3. The van der Waals surface area contributed by atoms with Crippen molar-refractivity contribution in [1.82, 2.24) is 0 Å². The Labute approximate surface area is 455 Å². The minimum Gasteiger partial charge on any atom is -0.329 e. The number of fused-ring (bicyclic) bond motifs is 6. The molecule has 2 fully saturated rings. The third kappa shape index (κ3) is 6.44. The molecule has 2 heterocycles. The maximum atomic E-state index is 16.1. The van der Waals surface area contributed by atoms with Crippen LogP contribution in [0.15, 0.2) is 133 Å². The molecule has 4 unspecified atom stereocenters. The highest BCUT2D eigenvalue weighted by molar-refractivity contribution is 6.32. The van der Waals surface area contributed by atoms with Crippen molar-refractivity contribution in [2.24, 2.45) is 0 Å². The molecule has 0 bridgehead atoms. The van der Waals surface area contributed by atoms with E-state index in [9.17, 15) is 8.78 Å². The maximum Gasteiger partial charge on any atom is 0.200 e. The molecule has 80 heavy (non-hydrogen) atoms. The highest BCUT2D eigenvalue weighted by Crippen LogP contribution is 2.64. The molecule has 2 nitrogen and oxygen atoms in total. The van der Waals surface area contributed by atoms with Crippen LogP contribution in [0.5, 0.6) is 0 Å². The number of rotatable bonds is 6. The van der Waals surface area contributed by atoms with Crippen LogP contribution in [0.4, 0.5) is 66.7 Å². The molecular formula is C68H50F10N2. The van der Waals surface area contributed by atoms with Crippen molar-refractivity contribution in [1.29, 1.82) is 0 Å². The molecule has 0 radical (unpaired) electrons. The van der Waals surface area contributed by atoms with Crippen molar-refractivity contribution in [3.05, 3.63) is 203 Å². The fourth-order valence-corrected chi connectivity index (χ4v) is 15.3. The summed E-state index contributed by atoms with van der Waals surface area (Å²) in [6, 6.07) is 44.1. The Morgan fingerprint density at radius 2 is 0.613 bits per heavy atom. The van der Waals surface area contributed by atoms with Crippen molar-refractivity contribution in [3.8, 4) is 44.5 Å². The van der Waals surface area contributed by atoms with E-state index in [-0.39, 0.29) is 0 Å². The lowest BCUT2D eigenvalue weighted by Gasteiger charge is -2.50. The van der Waals surface area contributed by atoms with E-state index < -0.39 is 91.5 Å². The van der Waals surface area contributed by atoms with Crippen LogP contribution in [-0.2, 0) is 10.8 Å². The maximum absolute atomic E-state index is 16.1. The fraction of sp³-hybridized carbons (Fsp3) is 0.235. The number of benzene rings is 10. The summed E-state index contributed by atoms with van der Waals surface area (Å²) in [5.74, 6) is -19.9. The van der Waals surface area contributed by atoms with Gasteiger partial charge in [-0.1, -0.05) is 137 Å². The van der Waals surface area contributed by atoms with Gasteiger partial charge in [0.05, 0.1) is 11.1 Å². The van der Waals surface area contributed by atoms with Gasteiger partial charge in [-0.15, -0.1) is 0 Å². The lowest BCUT2D eigenvalue weighted by Crippen LogP contribution is -2.55. The van der Waals surface area contributed by atoms with E-state index in [0.717, 1.165) is 101 Å². The summed E-state index contributed by atoms with van der Waals surface area (Å²) in [4.78, 5) is 2.72. The second kappa shape index (κ2) is 17.3. The number of hydrogen-bond donors (Lipinski definition) is 0. The van der Waals surface area contributed by atoms with Gasteiger partial charge in [0.25, 0.3) is 0 Å². The second-order valence-electron chi connectivity index (χ2n) is 23.3. The molecule has 10 aromatic carbocycles. The van der Waals surface area contributed by atoms with Crippen LogP contribution >= 0.6 is 0 Å². The van der Waals surface area contributed by atoms with E-state index in [1.807, 2.05) is 88.4 Å². The molecule has 2 aliphatic carbocycles. The quantitative estimate of drug-likeness (QED) is 0.0709. The molecular weight excluding hydrogens is 1030 g/mol. The van der Waals surface area contributed by atoms with Gasteiger partial charge in [-0.2, -0.15) is 0 Å². The number of halogens is 10. The van der Waals surface area contributed by atoms with Gasteiger partial charge < -0.3 is 9.80 Å². The molecule has 0 aromatic heterocycles. The van der Waals surface area contributed by atoms with Crippen molar-refractivity contribution >= 4 is 55.1 Å². The molecule has 10 aromatic rings. The Kier molecular flexibility index (Phi) is 10.9. The molecule has 0 spiro atoms. The van der Waals surface area contributed by atoms with Crippen molar-refractivity contribution in [3.63, 3.8) is 0 Å². The predicted octanol–water partition coefficient (Wildman–Crippen LogP) is 20.1. The largest absolute Gasteiger partial charge is 0.329 e. The van der Waals surface area contributed by atoms with E-state index >= 15 is 35.1 Å². The van der Waals surface area contributed by atoms with Gasteiger partial charge in [0.1, 0.15) is 11.4 Å². The smallest absolute Gasteiger partial charge is 0.200 e. The molecule has 14 rings (SSSR count). The van der Waals surface area contributed by atoms with Crippen LogP contribution in [0.25, 0.3) is 76.8 Å². The number of anilines is 4. The Bertz CT molecular complexity index is 3960. The van der Waals surface area contributed by atoms with Crippen LogP contribution in [0.3, 0.4) is 0 Å². The van der Waals surface area contributed by atoms with Crippen LogP contribution in [0.1, 0.15) is 90.2 Å². The standard InChI is InChI=1S/C68H50F10N2/c1-65-27-11-13-29-67(65,3)79(63-59(75)55(71)53(69)56(72)60(63)76)49-25-19-37(31-47(49)65)45-33-43(35-15-7-5-8-16-35)39-22-24-42-46(34-44(36-17-9-6-10-18-36)40-21-23-41(45)51(39)52(40)42)38-20-26-50-48(32-38)66(2)28-12-14-30-68(66,4)80(50)64-61(77)57(73)54(70)58(74)62(64)78/h5-10,15-26,31-34H,11-14,27-30H2,1-4H3. The molecule has 0 saturated heterocycles. The van der Waals surface area contributed by atoms with Crippen LogP contribution in [0.2, 0.25) is 0 Å². The minimum atomic E-state index is -2.21. The summed E-state index contributed by atoms with van der Waals surface area (Å²) in [6.07, 6.45) is 5.00. The van der Waals surface area contributed by atoms with Gasteiger partial charge in [0.2, 0.25) is 11.6 Å². The van der Waals surface area contributed by atoms with Gasteiger partial charge in [-0.05, 0) is 164 Å². The Balaban J connectivity index is 1.03. The summed E-state index contributed by atoms with van der Waals surface area (Å²) in [7, 11) is 0. The first-order valence-electron chi connectivity index (χ1n) is 27.2. The predicted molar refractivity (Wildman–Crippen MR) is 297 cm³/mol. The fourth-order valence-electron chi connectivity index (χ4n) is 15.3. The van der Waals surface area contributed by atoms with Gasteiger partial charge in [0, 0.05) is 22.2 Å².